The van der Waals surface area contributed by atoms with Gasteiger partial charge in [0.05, 0.1) is 0 Å². The Labute approximate surface area is 215 Å². The molecule has 192 valence electrons. The van der Waals surface area contributed by atoms with Gasteiger partial charge in [-0.1, -0.05) is 108 Å². The number of rotatable bonds is 17. The van der Waals surface area contributed by atoms with Gasteiger partial charge in [-0.05, 0) is 48.7 Å². The van der Waals surface area contributed by atoms with Gasteiger partial charge < -0.3 is 15.2 Å². The van der Waals surface area contributed by atoms with Crippen molar-refractivity contribution in [1.82, 2.24) is 0 Å². The summed E-state index contributed by atoms with van der Waals surface area (Å²) in [6.07, 6.45) is 17.2. The first-order valence-corrected chi connectivity index (χ1v) is 13.5. The Morgan fingerprint density at radius 1 is 0.771 bits per heavy atom. The van der Waals surface area contributed by atoms with Crippen LogP contribution >= 0.6 is 11.6 Å². The molecular formula is C29H40ClNO4. The summed E-state index contributed by atoms with van der Waals surface area (Å²) in [4.78, 5) is 23.8. The molecule has 1 amide bonds. The number of hydrogen-bond donors (Lipinski definition) is 1. The van der Waals surface area contributed by atoms with Gasteiger partial charge in [0, 0.05) is 5.02 Å². The molecule has 35 heavy (non-hydrogen) atoms. The Morgan fingerprint density at radius 3 is 1.97 bits per heavy atom. The molecule has 0 unspecified atom stereocenters. The summed E-state index contributed by atoms with van der Waals surface area (Å²) in [6.45, 7) is 2.26. The Morgan fingerprint density at radius 2 is 1.37 bits per heavy atom. The molecule has 0 fully saturated rings. The quantitative estimate of drug-likeness (QED) is 0.133. The van der Waals surface area contributed by atoms with Crippen molar-refractivity contribution in [3.63, 3.8) is 0 Å². The number of hydrogen-bond acceptors (Lipinski definition) is 4. The molecule has 0 saturated heterocycles. The van der Waals surface area contributed by atoms with E-state index in [1.165, 1.54) is 95.2 Å². The number of primary amides is 1. The number of halogens is 1. The minimum absolute atomic E-state index is 0.00929. The second-order valence-corrected chi connectivity index (χ2v) is 9.53. The van der Waals surface area contributed by atoms with Crippen molar-refractivity contribution in [3.05, 3.63) is 58.6 Å². The number of benzene rings is 2. The van der Waals surface area contributed by atoms with E-state index in [1.807, 2.05) is 18.2 Å². The van der Waals surface area contributed by atoms with E-state index in [1.54, 1.807) is 6.07 Å². The third-order valence-electron chi connectivity index (χ3n) is 6.05. The molecule has 0 bridgehead atoms. The molecule has 0 spiro atoms. The van der Waals surface area contributed by atoms with Crippen LogP contribution in [0.5, 0.6) is 11.5 Å². The minimum Gasteiger partial charge on any atom is -0.423 e. The fourth-order valence-electron chi connectivity index (χ4n) is 4.13. The summed E-state index contributed by atoms with van der Waals surface area (Å²) in [6, 6.07) is 11.8. The first-order chi connectivity index (χ1) is 17.0. The van der Waals surface area contributed by atoms with Crippen molar-refractivity contribution in [1.29, 1.82) is 0 Å². The lowest BCUT2D eigenvalue weighted by Gasteiger charge is -2.10. The van der Waals surface area contributed by atoms with Crippen molar-refractivity contribution >= 4 is 23.7 Å². The number of aryl methyl sites for hydroxylation is 1. The normalized spacial score (nSPS) is 10.8. The summed E-state index contributed by atoms with van der Waals surface area (Å²) in [7, 11) is 0. The van der Waals surface area contributed by atoms with Gasteiger partial charge in [-0.25, -0.2) is 9.59 Å². The van der Waals surface area contributed by atoms with Gasteiger partial charge in [0.2, 0.25) is 0 Å². The molecule has 2 aromatic rings. The molecular weight excluding hydrogens is 462 g/mol. The van der Waals surface area contributed by atoms with Crippen LogP contribution in [0, 0.1) is 0 Å². The van der Waals surface area contributed by atoms with Crippen molar-refractivity contribution in [2.45, 2.75) is 96.8 Å². The Kier molecular flexibility index (Phi) is 13.9. The molecule has 0 saturated carbocycles. The van der Waals surface area contributed by atoms with Crippen LogP contribution in [0.25, 0.3) is 0 Å². The van der Waals surface area contributed by atoms with Crippen molar-refractivity contribution in [2.75, 3.05) is 0 Å². The van der Waals surface area contributed by atoms with E-state index in [2.05, 4.69) is 6.92 Å². The smallest absolute Gasteiger partial charge is 0.409 e. The number of esters is 1. The van der Waals surface area contributed by atoms with E-state index in [4.69, 9.17) is 26.8 Å². The van der Waals surface area contributed by atoms with Gasteiger partial charge in [-0.15, -0.1) is 0 Å². The summed E-state index contributed by atoms with van der Waals surface area (Å²) in [5.41, 5.74) is 6.24. The van der Waals surface area contributed by atoms with Crippen molar-refractivity contribution in [3.8, 4) is 11.5 Å². The summed E-state index contributed by atoms with van der Waals surface area (Å²) in [5.74, 6) is -0.218. The molecule has 0 aliphatic rings. The zero-order valence-corrected chi connectivity index (χ0v) is 21.8. The van der Waals surface area contributed by atoms with Crippen LogP contribution in [0.2, 0.25) is 5.02 Å². The second-order valence-electron chi connectivity index (χ2n) is 9.09. The maximum absolute atomic E-state index is 12.7. The van der Waals surface area contributed by atoms with E-state index in [0.29, 0.717) is 10.8 Å². The monoisotopic (exact) mass is 501 g/mol. The van der Waals surface area contributed by atoms with Gasteiger partial charge in [0.1, 0.15) is 17.1 Å². The number of ether oxygens (including phenoxy) is 2. The van der Waals surface area contributed by atoms with Gasteiger partial charge in [0.25, 0.3) is 0 Å². The lowest BCUT2D eigenvalue weighted by molar-refractivity contribution is 0.0732. The van der Waals surface area contributed by atoms with E-state index >= 15 is 0 Å². The highest BCUT2D eigenvalue weighted by atomic mass is 35.5. The molecule has 2 aromatic carbocycles. The molecule has 2 rings (SSSR count). The standard InChI is InChI=1S/C29H40ClNO4/c1-2-3-4-5-6-7-8-9-10-11-12-13-14-16-23-17-15-18-25(21-23)34-28(32)26-22-24(30)19-20-27(26)35-29(31)33/h15,17-22H,2-14,16H2,1H3,(H2,31,33). The van der Waals surface area contributed by atoms with E-state index in [0.717, 1.165) is 18.4 Å². The molecule has 0 aliphatic heterocycles. The molecule has 0 radical (unpaired) electrons. The van der Waals surface area contributed by atoms with Crippen LogP contribution in [-0.4, -0.2) is 12.1 Å². The average molecular weight is 502 g/mol. The molecule has 0 heterocycles. The third kappa shape index (κ3) is 12.1. The lowest BCUT2D eigenvalue weighted by Crippen LogP contribution is -2.19. The lowest BCUT2D eigenvalue weighted by atomic mass is 10.0. The SMILES string of the molecule is CCCCCCCCCCCCCCCc1cccc(OC(=O)c2cc(Cl)ccc2OC(N)=O)c1. The topological polar surface area (TPSA) is 78.6 Å². The Balaban J connectivity index is 1.67. The number of amides is 1. The Bertz CT molecular complexity index is 915. The molecule has 5 nitrogen and oxygen atoms in total. The average Bonchev–Trinajstić information content (AvgIpc) is 2.83. The molecule has 6 heteroatoms. The van der Waals surface area contributed by atoms with Gasteiger partial charge in [-0.3, -0.25) is 0 Å². The summed E-state index contributed by atoms with van der Waals surface area (Å²) in [5, 5.41) is 0.324. The summed E-state index contributed by atoms with van der Waals surface area (Å²) >= 11 is 5.99. The third-order valence-corrected chi connectivity index (χ3v) is 6.29. The van der Waals surface area contributed by atoms with Crippen LogP contribution in [-0.2, 0) is 6.42 Å². The Hall–Kier alpha value is -2.53. The van der Waals surface area contributed by atoms with Crippen LogP contribution in [0.4, 0.5) is 4.79 Å². The predicted octanol–water partition coefficient (Wildman–Crippen LogP) is 8.65. The van der Waals surface area contributed by atoms with E-state index in [-0.39, 0.29) is 11.3 Å². The maximum atomic E-state index is 12.7. The molecule has 2 N–H and O–H groups in total. The van der Waals surface area contributed by atoms with Crippen LogP contribution < -0.4 is 15.2 Å². The van der Waals surface area contributed by atoms with Crippen LogP contribution in [0.15, 0.2) is 42.5 Å². The second kappa shape index (κ2) is 17.0. The first-order valence-electron chi connectivity index (χ1n) is 13.1. The van der Waals surface area contributed by atoms with Crippen LogP contribution in [0.1, 0.15) is 106 Å². The summed E-state index contributed by atoms with van der Waals surface area (Å²) < 4.78 is 10.4. The molecule has 0 aliphatic carbocycles. The van der Waals surface area contributed by atoms with Crippen molar-refractivity contribution < 1.29 is 19.1 Å². The number of carbonyl (C=O) groups excluding carboxylic acids is 2. The van der Waals surface area contributed by atoms with Gasteiger partial charge in [0.15, 0.2) is 0 Å². The van der Waals surface area contributed by atoms with E-state index < -0.39 is 12.1 Å². The number of unbranched alkanes of at least 4 members (excludes halogenated alkanes) is 12. The predicted molar refractivity (Wildman–Crippen MR) is 142 cm³/mol. The zero-order chi connectivity index (χ0) is 25.3. The van der Waals surface area contributed by atoms with Gasteiger partial charge >= 0.3 is 12.1 Å². The largest absolute Gasteiger partial charge is 0.423 e. The molecule has 0 aromatic heterocycles. The van der Waals surface area contributed by atoms with Crippen molar-refractivity contribution in [2.24, 2.45) is 5.73 Å². The number of nitrogens with two attached hydrogens (primary N) is 1. The fraction of sp³-hybridized carbons (Fsp3) is 0.517. The maximum Gasteiger partial charge on any atom is 0.409 e. The highest BCUT2D eigenvalue weighted by molar-refractivity contribution is 6.31. The highest BCUT2D eigenvalue weighted by Crippen LogP contribution is 2.25. The minimum atomic E-state index is -1.01. The fourth-order valence-corrected chi connectivity index (χ4v) is 4.30. The molecule has 0 atom stereocenters. The van der Waals surface area contributed by atoms with E-state index in [9.17, 15) is 9.59 Å². The van der Waals surface area contributed by atoms with Crippen LogP contribution in [0.3, 0.4) is 0 Å². The highest BCUT2D eigenvalue weighted by Gasteiger charge is 2.17. The first kappa shape index (κ1) is 28.7. The zero-order valence-electron chi connectivity index (χ0n) is 21.0. The number of carbonyl (C=O) groups is 2. The van der Waals surface area contributed by atoms with Gasteiger partial charge in [-0.2, -0.15) is 0 Å².